The van der Waals surface area contributed by atoms with Gasteiger partial charge in [0.2, 0.25) is 41.4 Å². The zero-order valence-corrected chi connectivity index (χ0v) is 28.5. The molecule has 0 aromatic rings. The summed E-state index contributed by atoms with van der Waals surface area (Å²) in [5.41, 5.74) is 16.3. The molecule has 1 aliphatic heterocycles. The predicted octanol–water partition coefficient (Wildman–Crippen LogP) is -3.95. The van der Waals surface area contributed by atoms with Gasteiger partial charge in [-0.2, -0.15) is 0 Å². The zero-order valence-electron chi connectivity index (χ0n) is 26.9. The molecule has 11 N–H and O–H groups in total. The average molecular weight is 705 g/mol. The van der Waals surface area contributed by atoms with Gasteiger partial charge in [0.15, 0.2) is 5.96 Å². The standard InChI is InChI=1S/C26H44N10O9S2/c1-13(37)32-15-12-46-47-26(2,3)20(21(27)42)34-22(43)14(9-19(40)41)33-17(38)10-31-23(44)16(7-6-8-30-25(28)29)36(5)18(39)11-35(4)24(15)45/h14-16,20H,6-12H2,1-5H3,(H2,27,42)(H,31,44)(H,32,37)(H,33,38)(H,34,43)(H,40,41)(H4,28,29,30)/t14-,15-,16-,20+/m1/s1. The first-order valence-corrected chi connectivity index (χ1v) is 16.6. The van der Waals surface area contributed by atoms with Crippen LogP contribution in [0.1, 0.15) is 40.0 Å². The summed E-state index contributed by atoms with van der Waals surface area (Å²) in [5, 5.41) is 18.9. The van der Waals surface area contributed by atoms with Gasteiger partial charge in [-0.3, -0.25) is 43.3 Å². The van der Waals surface area contributed by atoms with E-state index in [0.717, 1.165) is 31.4 Å². The molecule has 4 atom stereocenters. The molecule has 21 heteroatoms. The number of amides is 7. The van der Waals surface area contributed by atoms with Crippen molar-refractivity contribution < 1.29 is 43.5 Å². The van der Waals surface area contributed by atoms with Crippen LogP contribution in [0.4, 0.5) is 0 Å². The highest BCUT2D eigenvalue weighted by atomic mass is 33.1. The van der Waals surface area contributed by atoms with Crippen molar-refractivity contribution >= 4 is 74.9 Å². The fraction of sp³-hybridized carbons (Fsp3) is 0.654. The van der Waals surface area contributed by atoms with Crippen molar-refractivity contribution in [3.63, 3.8) is 0 Å². The molecule has 1 heterocycles. The Bertz CT molecular complexity index is 1250. The molecule has 264 valence electrons. The van der Waals surface area contributed by atoms with E-state index in [1.54, 1.807) is 13.8 Å². The Morgan fingerprint density at radius 3 is 2.26 bits per heavy atom. The van der Waals surface area contributed by atoms with Gasteiger partial charge in [-0.15, -0.1) is 0 Å². The molecule has 1 aliphatic rings. The highest BCUT2D eigenvalue weighted by Gasteiger charge is 2.39. The van der Waals surface area contributed by atoms with Gasteiger partial charge in [-0.1, -0.05) is 21.6 Å². The summed E-state index contributed by atoms with van der Waals surface area (Å²) < 4.78 is -1.15. The lowest BCUT2D eigenvalue weighted by Gasteiger charge is -2.33. The Morgan fingerprint density at radius 1 is 1.06 bits per heavy atom. The van der Waals surface area contributed by atoms with Crippen LogP contribution in [0.25, 0.3) is 0 Å². The number of carboxylic acid groups (broad SMARTS) is 1. The van der Waals surface area contributed by atoms with E-state index in [1.165, 1.54) is 21.0 Å². The number of hydrogen-bond donors (Lipinski definition) is 8. The molecule has 0 aliphatic carbocycles. The SMILES string of the molecule is CC(=O)N[C@@H]1CSSC(C)(C)[C@H](C(N)=O)NC(=O)[C@@H](CC(=O)O)NC(=O)CNC(=O)[C@@H](CCCN=C(N)N)N(C)C(=O)CN(C)C1=O. The van der Waals surface area contributed by atoms with Crippen LogP contribution in [0.5, 0.6) is 0 Å². The molecule has 7 amide bonds. The second-order valence-corrected chi connectivity index (χ2v) is 14.2. The van der Waals surface area contributed by atoms with Crippen LogP contribution in [-0.2, 0) is 38.4 Å². The van der Waals surface area contributed by atoms with Crippen LogP contribution in [0, 0.1) is 0 Å². The maximum absolute atomic E-state index is 13.3. The van der Waals surface area contributed by atoms with E-state index >= 15 is 0 Å². The van der Waals surface area contributed by atoms with Crippen LogP contribution >= 0.6 is 21.6 Å². The Labute approximate surface area is 279 Å². The normalized spacial score (nSPS) is 23.9. The summed E-state index contributed by atoms with van der Waals surface area (Å²) in [6.45, 7) is 3.28. The quantitative estimate of drug-likeness (QED) is 0.0519. The maximum Gasteiger partial charge on any atom is 0.305 e. The second kappa shape index (κ2) is 18.8. The Balaban J connectivity index is 3.50. The molecule has 0 saturated carbocycles. The van der Waals surface area contributed by atoms with Crippen molar-refractivity contribution in [2.24, 2.45) is 22.2 Å². The van der Waals surface area contributed by atoms with E-state index in [-0.39, 0.29) is 31.1 Å². The topological polar surface area (TPSA) is 302 Å². The minimum atomic E-state index is -1.66. The largest absolute Gasteiger partial charge is 0.481 e. The second-order valence-electron chi connectivity index (χ2n) is 11.2. The number of aliphatic carboxylic acids is 1. The highest BCUT2D eigenvalue weighted by molar-refractivity contribution is 8.77. The van der Waals surface area contributed by atoms with E-state index in [4.69, 9.17) is 17.2 Å². The average Bonchev–Trinajstić information content (AvgIpc) is 2.95. The third kappa shape index (κ3) is 13.9. The Kier molecular flexibility index (Phi) is 16.3. The lowest BCUT2D eigenvalue weighted by molar-refractivity contribution is -0.144. The lowest BCUT2D eigenvalue weighted by atomic mass is 10.0. The Morgan fingerprint density at radius 2 is 1.70 bits per heavy atom. The summed E-state index contributed by atoms with van der Waals surface area (Å²) in [4.78, 5) is 108. The van der Waals surface area contributed by atoms with Gasteiger partial charge >= 0.3 is 5.97 Å². The molecule has 0 spiro atoms. The van der Waals surface area contributed by atoms with Gasteiger partial charge in [0.25, 0.3) is 0 Å². The molecule has 0 radical (unpaired) electrons. The van der Waals surface area contributed by atoms with Crippen LogP contribution in [0.15, 0.2) is 4.99 Å². The number of hydrogen-bond acceptors (Lipinski definition) is 11. The number of rotatable bonds is 8. The first-order valence-electron chi connectivity index (χ1n) is 14.3. The van der Waals surface area contributed by atoms with E-state index in [9.17, 15) is 43.5 Å². The summed E-state index contributed by atoms with van der Waals surface area (Å²) >= 11 is 0. The monoisotopic (exact) mass is 704 g/mol. The molecule has 47 heavy (non-hydrogen) atoms. The summed E-state index contributed by atoms with van der Waals surface area (Å²) in [7, 11) is 4.81. The number of guanidine groups is 1. The number of carbonyl (C=O) groups is 8. The first kappa shape index (κ1) is 40.8. The highest BCUT2D eigenvalue weighted by Crippen LogP contribution is 2.38. The molecule has 0 unspecified atom stereocenters. The fourth-order valence-corrected chi connectivity index (χ4v) is 7.11. The number of aliphatic imine (C=N–C) groups is 1. The molecular weight excluding hydrogens is 660 g/mol. The van der Waals surface area contributed by atoms with Gasteiger partial charge in [-0.25, -0.2) is 0 Å². The molecule has 0 aromatic carbocycles. The van der Waals surface area contributed by atoms with Crippen molar-refractivity contribution in [2.45, 2.75) is 68.9 Å². The van der Waals surface area contributed by atoms with Gasteiger partial charge in [0, 0.05) is 38.1 Å². The molecule has 19 nitrogen and oxygen atoms in total. The zero-order chi connectivity index (χ0) is 36.1. The van der Waals surface area contributed by atoms with E-state index in [1.807, 2.05) is 0 Å². The molecular formula is C26H44N10O9S2. The Hall–Kier alpha value is -4.27. The van der Waals surface area contributed by atoms with E-state index < -0.39 is 95.7 Å². The minimum absolute atomic E-state index is 0.0339. The number of nitrogens with one attached hydrogen (secondary N) is 4. The van der Waals surface area contributed by atoms with E-state index in [2.05, 4.69) is 26.3 Å². The number of nitrogens with two attached hydrogens (primary N) is 3. The van der Waals surface area contributed by atoms with E-state index in [0.29, 0.717) is 0 Å². The number of carboxylic acids is 1. The van der Waals surface area contributed by atoms with Gasteiger partial charge in [0.1, 0.15) is 24.2 Å². The third-order valence-corrected chi connectivity index (χ3v) is 10.0. The number of nitrogens with zero attached hydrogens (tertiary/aromatic N) is 3. The fourth-order valence-electron chi connectivity index (χ4n) is 4.29. The van der Waals surface area contributed by atoms with Gasteiger partial charge in [-0.05, 0) is 26.7 Å². The number of primary amides is 1. The maximum atomic E-state index is 13.3. The van der Waals surface area contributed by atoms with Gasteiger partial charge < -0.3 is 53.4 Å². The molecule has 1 rings (SSSR count). The van der Waals surface area contributed by atoms with Crippen LogP contribution in [0.3, 0.4) is 0 Å². The van der Waals surface area contributed by atoms with Crippen molar-refractivity contribution in [1.82, 2.24) is 31.1 Å². The first-order chi connectivity index (χ1) is 21.8. The van der Waals surface area contributed by atoms with Crippen molar-refractivity contribution in [3.05, 3.63) is 0 Å². The van der Waals surface area contributed by atoms with Crippen LogP contribution in [0.2, 0.25) is 0 Å². The molecule has 1 fully saturated rings. The predicted molar refractivity (Wildman–Crippen MR) is 174 cm³/mol. The number of likely N-dealkylation sites (N-methyl/N-ethyl adjacent to an activating group) is 2. The van der Waals surface area contributed by atoms with Crippen molar-refractivity contribution in [3.8, 4) is 0 Å². The minimum Gasteiger partial charge on any atom is -0.481 e. The van der Waals surface area contributed by atoms with Crippen molar-refractivity contribution in [1.29, 1.82) is 0 Å². The van der Waals surface area contributed by atoms with Crippen LogP contribution < -0.4 is 38.5 Å². The summed E-state index contributed by atoms with van der Waals surface area (Å²) in [6, 6.07) is -5.30. The third-order valence-electron chi connectivity index (χ3n) is 6.75. The molecule has 1 saturated heterocycles. The number of carbonyl (C=O) groups excluding carboxylic acids is 7. The van der Waals surface area contributed by atoms with Gasteiger partial charge in [0.05, 0.1) is 19.5 Å². The summed E-state index contributed by atoms with van der Waals surface area (Å²) in [5.74, 6) is -7.14. The lowest BCUT2D eigenvalue weighted by Crippen LogP contribution is -2.60. The molecule has 0 aromatic heterocycles. The van der Waals surface area contributed by atoms with Crippen LogP contribution in [-0.4, -0.2) is 137 Å². The van der Waals surface area contributed by atoms with Crippen molar-refractivity contribution in [2.75, 3.05) is 39.5 Å². The molecule has 0 bridgehead atoms. The smallest absolute Gasteiger partial charge is 0.305 e. The summed E-state index contributed by atoms with van der Waals surface area (Å²) in [6.07, 6.45) is -0.578.